The van der Waals surface area contributed by atoms with E-state index < -0.39 is 10.4 Å². The molecule has 0 N–H and O–H groups in total. The molecular formula is K3O4SZr+5. The van der Waals surface area contributed by atoms with Gasteiger partial charge < -0.3 is 9.11 Å². The number of hydrogen-bond acceptors (Lipinski definition) is 4. The predicted octanol–water partition coefficient (Wildman–Crippen LogP) is -10.3. The van der Waals surface area contributed by atoms with Crippen molar-refractivity contribution in [2.75, 3.05) is 0 Å². The normalized spacial score (nSPS) is 6.44. The van der Waals surface area contributed by atoms with E-state index in [9.17, 15) is 0 Å². The Bertz CT molecular complexity index is 99.0. The van der Waals surface area contributed by atoms with Crippen molar-refractivity contribution >= 4 is 10.4 Å². The van der Waals surface area contributed by atoms with Crippen LogP contribution in [-0.4, -0.2) is 17.5 Å². The van der Waals surface area contributed by atoms with Crippen molar-refractivity contribution in [1.82, 2.24) is 0 Å². The van der Waals surface area contributed by atoms with E-state index in [2.05, 4.69) is 0 Å². The molecule has 9 heavy (non-hydrogen) atoms. The molecule has 0 amide bonds. The Morgan fingerprint density at radius 1 is 0.889 bits per heavy atom. The molecule has 0 aromatic carbocycles. The van der Waals surface area contributed by atoms with E-state index in [1.807, 2.05) is 0 Å². The Hall–Kier alpha value is 5.66. The average Bonchev–Trinajstić information content (AvgIpc) is 0.722. The van der Waals surface area contributed by atoms with Gasteiger partial charge in [0.2, 0.25) is 0 Å². The van der Waals surface area contributed by atoms with Crippen LogP contribution < -0.4 is 154 Å². The molecule has 0 bridgehead atoms. The van der Waals surface area contributed by atoms with Crippen LogP contribution in [-0.2, 0) is 36.6 Å². The molecule has 32 valence electrons. The second kappa shape index (κ2) is 16.1. The SMILES string of the molecule is O=S(=O)([O-])[O-].[K+].[K+].[K+].[Zr+4]. The van der Waals surface area contributed by atoms with Crippen LogP contribution in [0.15, 0.2) is 0 Å². The molecule has 4 nitrogen and oxygen atoms in total. The molecular weight excluding hydrogens is 305 g/mol. The Morgan fingerprint density at radius 2 is 0.889 bits per heavy atom. The van der Waals surface area contributed by atoms with E-state index in [1.54, 1.807) is 0 Å². The first-order valence-corrected chi connectivity index (χ1v) is 2.00. The molecule has 0 atom stereocenters. The topological polar surface area (TPSA) is 80.3 Å². The van der Waals surface area contributed by atoms with Crippen molar-refractivity contribution < 1.29 is 198 Å². The zero-order valence-corrected chi connectivity index (χ0v) is 18.2. The first kappa shape index (κ1) is 29.3. The van der Waals surface area contributed by atoms with E-state index in [-0.39, 0.29) is 180 Å². The van der Waals surface area contributed by atoms with Crippen LogP contribution in [0.1, 0.15) is 0 Å². The molecule has 0 spiro atoms. The molecule has 0 unspecified atom stereocenters. The van der Waals surface area contributed by atoms with Gasteiger partial charge in [0.25, 0.3) is 0 Å². The van der Waals surface area contributed by atoms with E-state index in [1.165, 1.54) is 0 Å². The summed E-state index contributed by atoms with van der Waals surface area (Å²) in [6, 6.07) is 0. The number of rotatable bonds is 0. The number of hydrogen-bond donors (Lipinski definition) is 0. The smallest absolute Gasteiger partial charge is 0.759 e. The third-order valence-electron chi connectivity index (χ3n) is 0. The Labute approximate surface area is 201 Å². The van der Waals surface area contributed by atoms with Crippen molar-refractivity contribution in [2.45, 2.75) is 0 Å². The van der Waals surface area contributed by atoms with Gasteiger partial charge in [-0.2, -0.15) is 0 Å². The molecule has 9 heteroatoms. The maximum Gasteiger partial charge on any atom is 4.00 e. The van der Waals surface area contributed by atoms with E-state index in [4.69, 9.17) is 17.5 Å². The maximum atomic E-state index is 8.52. The minimum Gasteiger partial charge on any atom is -0.759 e. The van der Waals surface area contributed by atoms with Crippen LogP contribution in [0.25, 0.3) is 0 Å². The van der Waals surface area contributed by atoms with Crippen molar-refractivity contribution in [3.63, 3.8) is 0 Å². The van der Waals surface area contributed by atoms with E-state index >= 15 is 0 Å². The fourth-order valence-electron chi connectivity index (χ4n) is 0. The van der Waals surface area contributed by atoms with Crippen LogP contribution in [0.2, 0.25) is 0 Å². The quantitative estimate of drug-likeness (QED) is 0.253. The van der Waals surface area contributed by atoms with Gasteiger partial charge in [-0.05, 0) is 0 Å². The second-order valence-electron chi connectivity index (χ2n) is 0.408. The van der Waals surface area contributed by atoms with Crippen molar-refractivity contribution in [1.29, 1.82) is 0 Å². The van der Waals surface area contributed by atoms with Crippen molar-refractivity contribution in [2.24, 2.45) is 0 Å². The monoisotopic (exact) mass is 303 g/mol. The van der Waals surface area contributed by atoms with Crippen LogP contribution in [0.3, 0.4) is 0 Å². The van der Waals surface area contributed by atoms with Gasteiger partial charge in [-0.3, -0.25) is 8.42 Å². The van der Waals surface area contributed by atoms with Gasteiger partial charge >= 0.3 is 180 Å². The summed E-state index contributed by atoms with van der Waals surface area (Å²) in [7, 11) is -5.17. The molecule has 0 aliphatic heterocycles. The molecule has 0 saturated carbocycles. The van der Waals surface area contributed by atoms with Crippen LogP contribution >= 0.6 is 0 Å². The molecule has 0 saturated heterocycles. The van der Waals surface area contributed by atoms with E-state index in [0.29, 0.717) is 0 Å². The van der Waals surface area contributed by atoms with Gasteiger partial charge in [-0.25, -0.2) is 0 Å². The van der Waals surface area contributed by atoms with E-state index in [0.717, 1.165) is 0 Å². The average molecular weight is 305 g/mol. The van der Waals surface area contributed by atoms with Crippen molar-refractivity contribution in [3.8, 4) is 0 Å². The summed E-state index contributed by atoms with van der Waals surface area (Å²) in [6.45, 7) is 0. The zero-order valence-electron chi connectivity index (χ0n) is 5.54. The molecule has 0 aliphatic rings. The molecule has 0 fully saturated rings. The third kappa shape index (κ3) is 58.0. The predicted molar refractivity (Wildman–Crippen MR) is 10.5 cm³/mol. The van der Waals surface area contributed by atoms with Crippen LogP contribution in [0, 0.1) is 0 Å². The van der Waals surface area contributed by atoms with Gasteiger partial charge in [0.15, 0.2) is 0 Å². The molecule has 0 radical (unpaired) electrons. The largest absolute Gasteiger partial charge is 4.00 e. The maximum absolute atomic E-state index is 8.52. The summed E-state index contributed by atoms with van der Waals surface area (Å²) < 4.78 is 34.1. The molecule has 0 heterocycles. The summed E-state index contributed by atoms with van der Waals surface area (Å²) in [4.78, 5) is 0. The minimum atomic E-state index is -5.17. The summed E-state index contributed by atoms with van der Waals surface area (Å²) in [6.07, 6.45) is 0. The fraction of sp³-hybridized carbons (Fsp3) is 0. The Morgan fingerprint density at radius 3 is 0.889 bits per heavy atom. The summed E-state index contributed by atoms with van der Waals surface area (Å²) in [5.41, 5.74) is 0. The van der Waals surface area contributed by atoms with Crippen molar-refractivity contribution in [3.05, 3.63) is 0 Å². The molecule has 0 aromatic heterocycles. The van der Waals surface area contributed by atoms with Crippen LogP contribution in [0.5, 0.6) is 0 Å². The third-order valence-corrected chi connectivity index (χ3v) is 0. The summed E-state index contributed by atoms with van der Waals surface area (Å²) in [5.74, 6) is 0. The van der Waals surface area contributed by atoms with Gasteiger partial charge in [-0.15, -0.1) is 0 Å². The molecule has 0 rings (SSSR count). The van der Waals surface area contributed by atoms with Gasteiger partial charge in [0, 0.05) is 10.4 Å². The zero-order chi connectivity index (χ0) is 4.50. The fourth-order valence-corrected chi connectivity index (χ4v) is 0. The van der Waals surface area contributed by atoms with Crippen LogP contribution in [0.4, 0.5) is 0 Å². The van der Waals surface area contributed by atoms with Gasteiger partial charge in [-0.1, -0.05) is 0 Å². The summed E-state index contributed by atoms with van der Waals surface area (Å²) >= 11 is 0. The first-order valence-electron chi connectivity index (χ1n) is 0.667. The second-order valence-corrected chi connectivity index (χ2v) is 1.22. The molecule has 0 aliphatic carbocycles. The van der Waals surface area contributed by atoms with Gasteiger partial charge in [0.05, 0.1) is 0 Å². The molecule has 0 aromatic rings. The first-order chi connectivity index (χ1) is 2.00. The van der Waals surface area contributed by atoms with Gasteiger partial charge in [0.1, 0.15) is 0 Å². The standard InChI is InChI=1S/3K.H2O4S.Zr/c;;;1-5(2,3)4;/h;;;(H2,1,2,3,4);/q3*+1;;+4/p-2. The summed E-state index contributed by atoms with van der Waals surface area (Å²) in [5, 5.41) is 0. The Balaban J connectivity index is -0.0000000133. The minimum absolute atomic E-state index is 0. The Kier molecular flexibility index (Phi) is 52.5.